The summed E-state index contributed by atoms with van der Waals surface area (Å²) in [5, 5.41) is 3.37. The van der Waals surface area contributed by atoms with Gasteiger partial charge in [0.2, 0.25) is 5.91 Å². The zero-order valence-corrected chi connectivity index (χ0v) is 8.41. The molecule has 4 nitrogen and oxygen atoms in total. The summed E-state index contributed by atoms with van der Waals surface area (Å²) < 4.78 is 0. The van der Waals surface area contributed by atoms with E-state index >= 15 is 0 Å². The van der Waals surface area contributed by atoms with Gasteiger partial charge in [-0.25, -0.2) is 0 Å². The van der Waals surface area contributed by atoms with Crippen molar-refractivity contribution < 1.29 is 4.79 Å². The molecule has 14 heavy (non-hydrogen) atoms. The van der Waals surface area contributed by atoms with Gasteiger partial charge in [-0.05, 0) is 31.1 Å². The molecular formula is C10H19N3O. The third-order valence-corrected chi connectivity index (χ3v) is 3.70. The van der Waals surface area contributed by atoms with Crippen molar-refractivity contribution in [3.8, 4) is 0 Å². The molecule has 0 spiro atoms. The van der Waals surface area contributed by atoms with E-state index in [-0.39, 0.29) is 0 Å². The SMILES string of the molecule is NC(=O)C(N)CNC1CC2CCC1C2. The summed E-state index contributed by atoms with van der Waals surface area (Å²) in [4.78, 5) is 10.7. The van der Waals surface area contributed by atoms with Crippen LogP contribution >= 0.6 is 0 Å². The van der Waals surface area contributed by atoms with Gasteiger partial charge in [-0.1, -0.05) is 6.42 Å². The molecule has 2 rings (SSSR count). The first kappa shape index (κ1) is 9.93. The molecule has 2 aliphatic rings. The van der Waals surface area contributed by atoms with Gasteiger partial charge in [-0.15, -0.1) is 0 Å². The van der Waals surface area contributed by atoms with Gasteiger partial charge in [0.25, 0.3) is 0 Å². The van der Waals surface area contributed by atoms with E-state index < -0.39 is 11.9 Å². The number of nitrogens with one attached hydrogen (secondary N) is 1. The molecule has 2 aliphatic carbocycles. The van der Waals surface area contributed by atoms with E-state index in [2.05, 4.69) is 5.32 Å². The molecule has 2 bridgehead atoms. The number of carbonyl (C=O) groups is 1. The van der Waals surface area contributed by atoms with Crippen LogP contribution in [-0.2, 0) is 4.79 Å². The van der Waals surface area contributed by atoms with Gasteiger partial charge in [0.05, 0.1) is 6.04 Å². The first-order chi connectivity index (χ1) is 6.66. The van der Waals surface area contributed by atoms with Crippen LogP contribution in [0.25, 0.3) is 0 Å². The maximum atomic E-state index is 10.7. The van der Waals surface area contributed by atoms with Crippen molar-refractivity contribution in [2.75, 3.05) is 6.54 Å². The topological polar surface area (TPSA) is 81.1 Å². The van der Waals surface area contributed by atoms with E-state index in [9.17, 15) is 4.79 Å². The van der Waals surface area contributed by atoms with Crippen molar-refractivity contribution in [2.24, 2.45) is 23.3 Å². The number of hydrogen-bond donors (Lipinski definition) is 3. The molecule has 80 valence electrons. The Balaban J connectivity index is 1.74. The molecule has 0 heterocycles. The second kappa shape index (κ2) is 3.87. The standard InChI is InChI=1S/C10H19N3O/c11-8(10(12)14)5-13-9-4-6-1-2-7(9)3-6/h6-9,13H,1-5,11H2,(H2,12,14). The first-order valence-corrected chi connectivity index (χ1v) is 5.45. The molecule has 0 saturated heterocycles. The number of nitrogens with two attached hydrogens (primary N) is 2. The summed E-state index contributed by atoms with van der Waals surface area (Å²) in [7, 11) is 0. The minimum atomic E-state index is -0.533. The molecule has 0 radical (unpaired) electrons. The smallest absolute Gasteiger partial charge is 0.235 e. The van der Waals surface area contributed by atoms with E-state index in [1.807, 2.05) is 0 Å². The summed E-state index contributed by atoms with van der Waals surface area (Å²) >= 11 is 0. The second-order valence-corrected chi connectivity index (χ2v) is 4.70. The van der Waals surface area contributed by atoms with E-state index in [0.717, 1.165) is 11.8 Å². The lowest BCUT2D eigenvalue weighted by molar-refractivity contribution is -0.119. The largest absolute Gasteiger partial charge is 0.368 e. The lowest BCUT2D eigenvalue weighted by Gasteiger charge is -2.23. The molecule has 4 heteroatoms. The van der Waals surface area contributed by atoms with Crippen LogP contribution in [0.2, 0.25) is 0 Å². The number of carbonyl (C=O) groups excluding carboxylic acids is 1. The normalized spacial score (nSPS) is 37.4. The molecule has 2 fully saturated rings. The predicted molar refractivity (Wildman–Crippen MR) is 54.4 cm³/mol. The van der Waals surface area contributed by atoms with Crippen LogP contribution in [0.3, 0.4) is 0 Å². The Kier molecular flexibility index (Phi) is 2.74. The highest BCUT2D eigenvalue weighted by Gasteiger charge is 2.39. The molecule has 0 aromatic rings. The highest BCUT2D eigenvalue weighted by Crippen LogP contribution is 2.44. The maximum Gasteiger partial charge on any atom is 0.235 e. The van der Waals surface area contributed by atoms with Gasteiger partial charge in [0, 0.05) is 12.6 Å². The maximum absolute atomic E-state index is 10.7. The molecule has 0 aromatic heterocycles. The Bertz CT molecular complexity index is 231. The fraction of sp³-hybridized carbons (Fsp3) is 0.900. The van der Waals surface area contributed by atoms with Crippen LogP contribution in [0.15, 0.2) is 0 Å². The summed E-state index contributed by atoms with van der Waals surface area (Å²) in [5.41, 5.74) is 10.6. The van der Waals surface area contributed by atoms with Crippen LogP contribution in [-0.4, -0.2) is 24.5 Å². The predicted octanol–water partition coefficient (Wildman–Crippen LogP) is -0.423. The second-order valence-electron chi connectivity index (χ2n) is 4.70. The Morgan fingerprint density at radius 1 is 1.43 bits per heavy atom. The Labute approximate surface area is 84.4 Å². The molecule has 4 atom stereocenters. The van der Waals surface area contributed by atoms with E-state index in [1.165, 1.54) is 25.7 Å². The number of fused-ring (bicyclic) bond motifs is 2. The summed E-state index contributed by atoms with van der Waals surface area (Å²) in [6.07, 6.45) is 5.36. The van der Waals surface area contributed by atoms with Gasteiger partial charge < -0.3 is 16.8 Å². The number of rotatable bonds is 4. The lowest BCUT2D eigenvalue weighted by atomic mass is 9.95. The minimum Gasteiger partial charge on any atom is -0.368 e. The monoisotopic (exact) mass is 197 g/mol. The highest BCUT2D eigenvalue weighted by molar-refractivity contribution is 5.79. The van der Waals surface area contributed by atoms with Crippen molar-refractivity contribution in [2.45, 2.75) is 37.8 Å². The van der Waals surface area contributed by atoms with Crippen molar-refractivity contribution in [1.29, 1.82) is 0 Å². The molecule has 5 N–H and O–H groups in total. The molecule has 0 aromatic carbocycles. The molecule has 2 saturated carbocycles. The van der Waals surface area contributed by atoms with Crippen LogP contribution in [0, 0.1) is 11.8 Å². The van der Waals surface area contributed by atoms with Gasteiger partial charge in [-0.2, -0.15) is 0 Å². The van der Waals surface area contributed by atoms with Gasteiger partial charge in [0.1, 0.15) is 0 Å². The number of amides is 1. The van der Waals surface area contributed by atoms with Crippen molar-refractivity contribution in [1.82, 2.24) is 5.32 Å². The Morgan fingerprint density at radius 3 is 2.71 bits per heavy atom. The molecule has 0 aliphatic heterocycles. The fourth-order valence-electron chi connectivity index (χ4n) is 2.87. The molecule has 1 amide bonds. The molecule has 4 unspecified atom stereocenters. The van der Waals surface area contributed by atoms with Crippen LogP contribution < -0.4 is 16.8 Å². The van der Waals surface area contributed by atoms with Crippen LogP contribution in [0.4, 0.5) is 0 Å². The van der Waals surface area contributed by atoms with E-state index in [0.29, 0.717) is 12.6 Å². The summed E-state index contributed by atoms with van der Waals surface area (Å²) in [6, 6.07) is 0.0493. The third kappa shape index (κ3) is 1.91. The number of hydrogen-bond acceptors (Lipinski definition) is 3. The Morgan fingerprint density at radius 2 is 2.21 bits per heavy atom. The summed E-state index contributed by atoms with van der Waals surface area (Å²) in [6.45, 7) is 0.531. The zero-order chi connectivity index (χ0) is 10.1. The Hall–Kier alpha value is -0.610. The van der Waals surface area contributed by atoms with Crippen LogP contribution in [0.1, 0.15) is 25.7 Å². The average Bonchev–Trinajstić information content (AvgIpc) is 2.74. The molecular weight excluding hydrogens is 178 g/mol. The first-order valence-electron chi connectivity index (χ1n) is 5.45. The van der Waals surface area contributed by atoms with Gasteiger partial charge in [-0.3, -0.25) is 4.79 Å². The average molecular weight is 197 g/mol. The van der Waals surface area contributed by atoms with E-state index in [4.69, 9.17) is 11.5 Å². The van der Waals surface area contributed by atoms with Gasteiger partial charge >= 0.3 is 0 Å². The zero-order valence-electron chi connectivity index (χ0n) is 8.41. The minimum absolute atomic E-state index is 0.416. The van der Waals surface area contributed by atoms with Crippen molar-refractivity contribution in [3.05, 3.63) is 0 Å². The van der Waals surface area contributed by atoms with Crippen molar-refractivity contribution >= 4 is 5.91 Å². The van der Waals surface area contributed by atoms with E-state index in [1.54, 1.807) is 0 Å². The number of primary amides is 1. The third-order valence-electron chi connectivity index (χ3n) is 3.70. The highest BCUT2D eigenvalue weighted by atomic mass is 16.1. The van der Waals surface area contributed by atoms with Crippen molar-refractivity contribution in [3.63, 3.8) is 0 Å². The fourth-order valence-corrected chi connectivity index (χ4v) is 2.87. The lowest BCUT2D eigenvalue weighted by Crippen LogP contribution is -2.48. The van der Waals surface area contributed by atoms with Crippen LogP contribution in [0.5, 0.6) is 0 Å². The summed E-state index contributed by atoms with van der Waals surface area (Å²) in [5.74, 6) is 1.32. The van der Waals surface area contributed by atoms with Gasteiger partial charge in [0.15, 0.2) is 0 Å². The quantitative estimate of drug-likeness (QED) is 0.572.